The number of piperidine rings is 1. The van der Waals surface area contributed by atoms with Gasteiger partial charge in [0.2, 0.25) is 10.0 Å². The molecule has 1 atom stereocenters. The Morgan fingerprint density at radius 2 is 1.93 bits per heavy atom. The second-order valence-corrected chi connectivity index (χ2v) is 9.12. The van der Waals surface area contributed by atoms with Gasteiger partial charge in [0.15, 0.2) is 0 Å². The summed E-state index contributed by atoms with van der Waals surface area (Å²) in [6, 6.07) is 13.4. The first kappa shape index (κ1) is 19.9. The summed E-state index contributed by atoms with van der Waals surface area (Å²) in [5, 5.41) is 3.45. The lowest BCUT2D eigenvalue weighted by atomic mass is 10.1. The van der Waals surface area contributed by atoms with Crippen molar-refractivity contribution in [2.24, 2.45) is 0 Å². The van der Waals surface area contributed by atoms with E-state index in [-0.39, 0.29) is 16.8 Å². The molecule has 0 aliphatic carbocycles. The summed E-state index contributed by atoms with van der Waals surface area (Å²) in [4.78, 5) is 12.6. The minimum Gasteiger partial charge on any atom is -0.348 e. The molecule has 2 aromatic rings. The van der Waals surface area contributed by atoms with Crippen molar-refractivity contribution in [3.8, 4) is 0 Å². The SMILES string of the molecule is CC1CCCCN1S(=O)(=O)c1cccc(C(=O)NCc2ccc(Cl)cc2)c1. The fourth-order valence-corrected chi connectivity index (χ4v) is 5.12. The van der Waals surface area contributed by atoms with Crippen LogP contribution in [-0.2, 0) is 16.6 Å². The number of amides is 1. The van der Waals surface area contributed by atoms with Crippen LogP contribution in [0.4, 0.5) is 0 Å². The zero-order chi connectivity index (χ0) is 19.4. The maximum atomic E-state index is 13.0. The number of nitrogens with zero attached hydrogens (tertiary/aromatic N) is 1. The molecule has 0 spiro atoms. The summed E-state index contributed by atoms with van der Waals surface area (Å²) >= 11 is 5.86. The van der Waals surface area contributed by atoms with Crippen molar-refractivity contribution in [3.05, 3.63) is 64.7 Å². The van der Waals surface area contributed by atoms with Gasteiger partial charge in [0.25, 0.3) is 5.91 Å². The molecule has 2 aromatic carbocycles. The number of hydrogen-bond acceptors (Lipinski definition) is 3. The molecule has 1 saturated heterocycles. The molecule has 1 fully saturated rings. The molecule has 0 radical (unpaired) electrons. The van der Waals surface area contributed by atoms with E-state index < -0.39 is 10.0 Å². The van der Waals surface area contributed by atoms with Crippen LogP contribution in [0.15, 0.2) is 53.4 Å². The molecule has 0 saturated carbocycles. The Hall–Kier alpha value is -1.89. The van der Waals surface area contributed by atoms with Crippen LogP contribution in [0.2, 0.25) is 5.02 Å². The van der Waals surface area contributed by atoms with Gasteiger partial charge in [-0.2, -0.15) is 4.31 Å². The predicted octanol–water partition coefficient (Wildman–Crippen LogP) is 3.83. The topological polar surface area (TPSA) is 66.5 Å². The van der Waals surface area contributed by atoms with Crippen molar-refractivity contribution in [2.75, 3.05) is 6.54 Å². The van der Waals surface area contributed by atoms with Gasteiger partial charge < -0.3 is 5.32 Å². The maximum Gasteiger partial charge on any atom is 0.251 e. The summed E-state index contributed by atoms with van der Waals surface area (Å²) < 4.78 is 27.5. The van der Waals surface area contributed by atoms with Crippen LogP contribution in [0, 0.1) is 0 Å². The fraction of sp³-hybridized carbons (Fsp3) is 0.350. The molecular formula is C20H23ClN2O3S. The third-order valence-corrected chi connectivity index (χ3v) is 7.07. The Balaban J connectivity index is 1.74. The molecule has 1 heterocycles. The van der Waals surface area contributed by atoms with Crippen LogP contribution in [0.3, 0.4) is 0 Å². The largest absolute Gasteiger partial charge is 0.348 e. The van der Waals surface area contributed by atoms with E-state index in [9.17, 15) is 13.2 Å². The van der Waals surface area contributed by atoms with Gasteiger partial charge in [-0.1, -0.05) is 36.2 Å². The van der Waals surface area contributed by atoms with E-state index in [0.717, 1.165) is 24.8 Å². The number of hydrogen-bond donors (Lipinski definition) is 1. The molecule has 5 nitrogen and oxygen atoms in total. The summed E-state index contributed by atoms with van der Waals surface area (Å²) in [5.41, 5.74) is 1.24. The number of rotatable bonds is 5. The zero-order valence-corrected chi connectivity index (χ0v) is 16.8. The molecule has 3 rings (SSSR count). The van der Waals surface area contributed by atoms with Crippen molar-refractivity contribution < 1.29 is 13.2 Å². The highest BCUT2D eigenvalue weighted by atomic mass is 35.5. The van der Waals surface area contributed by atoms with Gasteiger partial charge in [-0.05, 0) is 55.7 Å². The number of carbonyl (C=O) groups is 1. The summed E-state index contributed by atoms with van der Waals surface area (Å²) in [7, 11) is -3.60. The molecule has 1 amide bonds. The van der Waals surface area contributed by atoms with Crippen LogP contribution in [-0.4, -0.2) is 31.2 Å². The third-order valence-electron chi connectivity index (χ3n) is 4.81. The van der Waals surface area contributed by atoms with Gasteiger partial charge in [0.1, 0.15) is 0 Å². The number of nitrogens with one attached hydrogen (secondary N) is 1. The molecular weight excluding hydrogens is 384 g/mol. The molecule has 144 valence electrons. The van der Waals surface area contributed by atoms with Crippen LogP contribution >= 0.6 is 11.6 Å². The van der Waals surface area contributed by atoms with Gasteiger partial charge >= 0.3 is 0 Å². The molecule has 1 aliphatic heterocycles. The third kappa shape index (κ3) is 4.69. The highest BCUT2D eigenvalue weighted by Gasteiger charge is 2.31. The Labute approximate surface area is 165 Å². The summed E-state index contributed by atoms with van der Waals surface area (Å²) in [5.74, 6) is -0.311. The molecule has 0 bridgehead atoms. The lowest BCUT2D eigenvalue weighted by Crippen LogP contribution is -2.42. The van der Waals surface area contributed by atoms with Crippen molar-refractivity contribution in [1.82, 2.24) is 9.62 Å². The van der Waals surface area contributed by atoms with Crippen LogP contribution < -0.4 is 5.32 Å². The van der Waals surface area contributed by atoms with Gasteiger partial charge in [0, 0.05) is 29.7 Å². The number of halogens is 1. The van der Waals surface area contributed by atoms with Gasteiger partial charge in [0.05, 0.1) is 4.90 Å². The minimum atomic E-state index is -3.60. The first-order chi connectivity index (χ1) is 12.9. The second-order valence-electron chi connectivity index (χ2n) is 6.80. The fourth-order valence-electron chi connectivity index (χ4n) is 3.25. The molecule has 0 aromatic heterocycles. The van der Waals surface area contributed by atoms with Crippen molar-refractivity contribution in [2.45, 2.75) is 43.7 Å². The maximum absolute atomic E-state index is 13.0. The van der Waals surface area contributed by atoms with E-state index in [2.05, 4.69) is 5.32 Å². The Kier molecular flexibility index (Phi) is 6.19. The smallest absolute Gasteiger partial charge is 0.251 e. The minimum absolute atomic E-state index is 0.0221. The first-order valence-corrected chi connectivity index (χ1v) is 10.8. The average Bonchev–Trinajstić information content (AvgIpc) is 2.67. The quantitative estimate of drug-likeness (QED) is 0.820. The first-order valence-electron chi connectivity index (χ1n) is 9.02. The summed E-state index contributed by atoms with van der Waals surface area (Å²) in [6.45, 7) is 2.80. The van der Waals surface area contributed by atoms with Gasteiger partial charge in [-0.25, -0.2) is 8.42 Å². The predicted molar refractivity (Wildman–Crippen MR) is 106 cm³/mol. The monoisotopic (exact) mass is 406 g/mol. The van der Waals surface area contributed by atoms with E-state index in [0.29, 0.717) is 23.7 Å². The highest BCUT2D eigenvalue weighted by Crippen LogP contribution is 2.25. The molecule has 1 N–H and O–H groups in total. The Morgan fingerprint density at radius 1 is 1.19 bits per heavy atom. The second kappa shape index (κ2) is 8.42. The number of carbonyl (C=O) groups excluding carboxylic acids is 1. The number of benzene rings is 2. The standard InChI is InChI=1S/C20H23ClN2O3S/c1-15-5-2-3-12-23(15)27(25,26)19-7-4-6-17(13-19)20(24)22-14-16-8-10-18(21)11-9-16/h4,6-11,13,15H,2-3,5,12,14H2,1H3,(H,22,24). The van der Waals surface area contributed by atoms with Gasteiger partial charge in [-0.3, -0.25) is 4.79 Å². The van der Waals surface area contributed by atoms with Crippen molar-refractivity contribution in [3.63, 3.8) is 0 Å². The van der Waals surface area contributed by atoms with Gasteiger partial charge in [-0.15, -0.1) is 0 Å². The average molecular weight is 407 g/mol. The lowest BCUT2D eigenvalue weighted by molar-refractivity contribution is 0.0950. The van der Waals surface area contributed by atoms with Crippen LogP contribution in [0.25, 0.3) is 0 Å². The molecule has 1 aliphatic rings. The summed E-state index contributed by atoms with van der Waals surface area (Å²) in [6.07, 6.45) is 2.77. The van der Waals surface area contributed by atoms with Crippen LogP contribution in [0.5, 0.6) is 0 Å². The molecule has 7 heteroatoms. The van der Waals surface area contributed by atoms with Crippen molar-refractivity contribution in [1.29, 1.82) is 0 Å². The Morgan fingerprint density at radius 3 is 2.63 bits per heavy atom. The Bertz CT molecular complexity index is 913. The van der Waals surface area contributed by atoms with E-state index in [1.807, 2.05) is 19.1 Å². The van der Waals surface area contributed by atoms with E-state index in [1.165, 1.54) is 6.07 Å². The highest BCUT2D eigenvalue weighted by molar-refractivity contribution is 7.89. The van der Waals surface area contributed by atoms with E-state index >= 15 is 0 Å². The molecule has 27 heavy (non-hydrogen) atoms. The van der Waals surface area contributed by atoms with E-state index in [1.54, 1.807) is 34.6 Å². The molecule has 1 unspecified atom stereocenters. The normalized spacial score (nSPS) is 18.2. The van der Waals surface area contributed by atoms with E-state index in [4.69, 9.17) is 11.6 Å². The number of sulfonamides is 1. The zero-order valence-electron chi connectivity index (χ0n) is 15.2. The lowest BCUT2D eigenvalue weighted by Gasteiger charge is -2.32. The van der Waals surface area contributed by atoms with Crippen LogP contribution in [0.1, 0.15) is 42.1 Å². The van der Waals surface area contributed by atoms with Crippen molar-refractivity contribution >= 4 is 27.5 Å².